The van der Waals surface area contributed by atoms with Crippen LogP contribution in [0.25, 0.3) is 0 Å². The summed E-state index contributed by atoms with van der Waals surface area (Å²) >= 11 is 0. The van der Waals surface area contributed by atoms with Crippen LogP contribution >= 0.6 is 0 Å². The summed E-state index contributed by atoms with van der Waals surface area (Å²) in [6.07, 6.45) is 6.08. The molecule has 3 heteroatoms. The van der Waals surface area contributed by atoms with E-state index in [-0.39, 0.29) is 10.8 Å². The van der Waals surface area contributed by atoms with Crippen molar-refractivity contribution in [2.75, 3.05) is 7.11 Å². The third-order valence-electron chi connectivity index (χ3n) is 7.92. The Morgan fingerprint density at radius 2 is 1.96 bits per heavy atom. The molecule has 148 valence electrons. The van der Waals surface area contributed by atoms with Gasteiger partial charge in [0.2, 0.25) is 0 Å². The predicted octanol–water partition coefficient (Wildman–Crippen LogP) is 5.26. The third-order valence-corrected chi connectivity index (χ3v) is 7.92. The van der Waals surface area contributed by atoms with Gasteiger partial charge in [-0.2, -0.15) is 0 Å². The first-order valence-corrected chi connectivity index (χ1v) is 10.6. The number of ether oxygens (including phenoxy) is 1. The van der Waals surface area contributed by atoms with E-state index in [4.69, 9.17) is 4.74 Å². The first-order chi connectivity index (χ1) is 12.7. The molecule has 1 N–H and O–H groups in total. The van der Waals surface area contributed by atoms with Crippen molar-refractivity contribution in [1.82, 2.24) is 0 Å². The number of ketones is 1. The highest BCUT2D eigenvalue weighted by Gasteiger charge is 2.54. The van der Waals surface area contributed by atoms with Crippen molar-refractivity contribution in [2.45, 2.75) is 84.2 Å². The van der Waals surface area contributed by atoms with Crippen LogP contribution in [-0.2, 0) is 28.0 Å². The highest BCUT2D eigenvalue weighted by Crippen LogP contribution is 2.60. The SMILES string of the molecule is COCc1c(O)c(C(C)(C)C)cc2c1CC[C@@H]1[C@@H]2CC[C@]2(C)C(=O)CC[C@@H]12. The Bertz CT molecular complexity index is 773. The number of carbonyl (C=O) groups excluding carboxylic acids is 1. The fourth-order valence-electron chi connectivity index (χ4n) is 6.45. The Morgan fingerprint density at radius 1 is 1.22 bits per heavy atom. The second-order valence-electron chi connectivity index (χ2n) is 10.3. The van der Waals surface area contributed by atoms with Crippen molar-refractivity contribution in [2.24, 2.45) is 17.3 Å². The Morgan fingerprint density at radius 3 is 2.63 bits per heavy atom. The predicted molar refractivity (Wildman–Crippen MR) is 107 cm³/mol. The van der Waals surface area contributed by atoms with Crippen molar-refractivity contribution < 1.29 is 14.6 Å². The maximum atomic E-state index is 12.6. The van der Waals surface area contributed by atoms with Gasteiger partial charge in [-0.3, -0.25) is 4.79 Å². The van der Waals surface area contributed by atoms with Crippen LogP contribution < -0.4 is 0 Å². The van der Waals surface area contributed by atoms with Gasteiger partial charge in [0.1, 0.15) is 11.5 Å². The van der Waals surface area contributed by atoms with E-state index in [9.17, 15) is 9.90 Å². The van der Waals surface area contributed by atoms with Crippen molar-refractivity contribution >= 4 is 5.78 Å². The molecule has 3 nitrogen and oxygen atoms in total. The quantitative estimate of drug-likeness (QED) is 0.772. The molecule has 4 rings (SSSR count). The smallest absolute Gasteiger partial charge is 0.139 e. The third kappa shape index (κ3) is 2.76. The maximum Gasteiger partial charge on any atom is 0.139 e. The standard InChI is InChI=1S/C24H34O3/c1-23(2,3)20-12-17-14(18(13-27-5)22(20)26)6-7-16-15(17)10-11-24(4)19(16)8-9-21(24)25/h12,15-16,19,26H,6-11,13H2,1-5H3/t15-,16+,19-,24-/m0/s1. The number of phenols is 1. The average Bonchev–Trinajstić information content (AvgIpc) is 2.91. The maximum absolute atomic E-state index is 12.6. The van der Waals surface area contributed by atoms with Crippen LogP contribution in [0.1, 0.15) is 88.0 Å². The fraction of sp³-hybridized carbons (Fsp3) is 0.708. The number of fused-ring (bicyclic) bond motifs is 5. The van der Waals surface area contributed by atoms with Crippen LogP contribution in [0, 0.1) is 17.3 Å². The molecule has 0 amide bonds. The normalized spacial score (nSPS) is 32.8. The molecule has 4 atom stereocenters. The first kappa shape index (κ1) is 19.0. The Balaban J connectivity index is 1.82. The number of hydrogen-bond acceptors (Lipinski definition) is 3. The molecule has 0 unspecified atom stereocenters. The molecule has 0 radical (unpaired) electrons. The van der Waals surface area contributed by atoms with Crippen LogP contribution in [-0.4, -0.2) is 18.0 Å². The van der Waals surface area contributed by atoms with E-state index in [2.05, 4.69) is 33.8 Å². The van der Waals surface area contributed by atoms with E-state index >= 15 is 0 Å². The summed E-state index contributed by atoms with van der Waals surface area (Å²) < 4.78 is 5.47. The van der Waals surface area contributed by atoms with Gasteiger partial charge in [0, 0.05) is 24.5 Å². The lowest BCUT2D eigenvalue weighted by molar-refractivity contribution is -0.129. The van der Waals surface area contributed by atoms with E-state index in [1.54, 1.807) is 7.11 Å². The zero-order chi connectivity index (χ0) is 19.6. The Labute approximate surface area is 163 Å². The summed E-state index contributed by atoms with van der Waals surface area (Å²) in [5.74, 6) is 2.59. The molecule has 1 aromatic rings. The van der Waals surface area contributed by atoms with E-state index < -0.39 is 0 Å². The van der Waals surface area contributed by atoms with Crippen molar-refractivity contribution in [3.05, 3.63) is 28.3 Å². The molecule has 0 aromatic heterocycles. The minimum absolute atomic E-state index is 0.0855. The highest BCUT2D eigenvalue weighted by atomic mass is 16.5. The fourth-order valence-corrected chi connectivity index (χ4v) is 6.45. The largest absolute Gasteiger partial charge is 0.507 e. The number of hydrogen-bond donors (Lipinski definition) is 1. The number of benzene rings is 1. The lowest BCUT2D eigenvalue weighted by Gasteiger charge is -2.49. The lowest BCUT2D eigenvalue weighted by Crippen LogP contribution is -2.42. The average molecular weight is 371 g/mol. The molecule has 1 aromatic carbocycles. The number of rotatable bonds is 2. The van der Waals surface area contributed by atoms with Crippen LogP contribution in [0.3, 0.4) is 0 Å². The molecule has 0 bridgehead atoms. The number of Topliss-reactive ketones (excluding diaryl/α,β-unsaturated/α-hetero) is 1. The van der Waals surface area contributed by atoms with Gasteiger partial charge in [-0.15, -0.1) is 0 Å². The summed E-state index contributed by atoms with van der Waals surface area (Å²) in [5.41, 5.74) is 4.58. The van der Waals surface area contributed by atoms with Crippen LogP contribution in [0.2, 0.25) is 0 Å². The van der Waals surface area contributed by atoms with Gasteiger partial charge in [0.25, 0.3) is 0 Å². The van der Waals surface area contributed by atoms with E-state index in [0.717, 1.165) is 49.7 Å². The van der Waals surface area contributed by atoms with Crippen molar-refractivity contribution in [3.63, 3.8) is 0 Å². The van der Waals surface area contributed by atoms with Gasteiger partial charge < -0.3 is 9.84 Å². The van der Waals surface area contributed by atoms with Crippen LogP contribution in [0.15, 0.2) is 6.07 Å². The Hall–Kier alpha value is -1.35. The molecule has 0 saturated heterocycles. The van der Waals surface area contributed by atoms with Gasteiger partial charge in [0.05, 0.1) is 6.61 Å². The molecule has 3 aliphatic carbocycles. The van der Waals surface area contributed by atoms with Gasteiger partial charge in [0.15, 0.2) is 0 Å². The van der Waals surface area contributed by atoms with Crippen molar-refractivity contribution in [1.29, 1.82) is 0 Å². The second-order valence-corrected chi connectivity index (χ2v) is 10.3. The van der Waals surface area contributed by atoms with E-state index in [1.807, 2.05) is 0 Å². The monoisotopic (exact) mass is 370 g/mol. The zero-order valence-corrected chi connectivity index (χ0v) is 17.5. The summed E-state index contributed by atoms with van der Waals surface area (Å²) in [5, 5.41) is 11.0. The number of aromatic hydroxyl groups is 1. The summed E-state index contributed by atoms with van der Waals surface area (Å²) in [6, 6.07) is 2.29. The first-order valence-electron chi connectivity index (χ1n) is 10.6. The van der Waals surface area contributed by atoms with Gasteiger partial charge in [-0.25, -0.2) is 0 Å². The zero-order valence-electron chi connectivity index (χ0n) is 17.5. The van der Waals surface area contributed by atoms with Crippen LogP contribution in [0.4, 0.5) is 0 Å². The molecular formula is C24H34O3. The van der Waals surface area contributed by atoms with Gasteiger partial charge in [-0.1, -0.05) is 33.8 Å². The molecule has 0 heterocycles. The minimum Gasteiger partial charge on any atom is -0.507 e. The lowest BCUT2D eigenvalue weighted by atomic mass is 9.55. The molecule has 2 saturated carbocycles. The van der Waals surface area contributed by atoms with E-state index in [1.165, 1.54) is 11.1 Å². The van der Waals surface area contributed by atoms with Crippen molar-refractivity contribution in [3.8, 4) is 5.75 Å². The summed E-state index contributed by atoms with van der Waals surface area (Å²) in [4.78, 5) is 12.6. The molecule has 3 aliphatic rings. The number of methoxy groups -OCH3 is 1. The summed E-state index contributed by atoms with van der Waals surface area (Å²) in [6.45, 7) is 9.19. The molecule has 2 fully saturated rings. The van der Waals surface area contributed by atoms with E-state index in [0.29, 0.717) is 35.9 Å². The van der Waals surface area contributed by atoms with Crippen LogP contribution in [0.5, 0.6) is 5.75 Å². The number of phenolic OH excluding ortho intramolecular Hbond substituents is 1. The molecular weight excluding hydrogens is 336 g/mol. The molecule has 0 aliphatic heterocycles. The molecule has 27 heavy (non-hydrogen) atoms. The minimum atomic E-state index is -0.110. The van der Waals surface area contributed by atoms with Gasteiger partial charge >= 0.3 is 0 Å². The summed E-state index contributed by atoms with van der Waals surface area (Å²) in [7, 11) is 1.71. The second kappa shape index (κ2) is 6.34. The Kier molecular flexibility index (Phi) is 4.46. The highest BCUT2D eigenvalue weighted by molar-refractivity contribution is 5.87. The molecule has 0 spiro atoms. The van der Waals surface area contributed by atoms with Gasteiger partial charge in [-0.05, 0) is 72.0 Å². The topological polar surface area (TPSA) is 46.5 Å². The number of carbonyl (C=O) groups is 1.